The molecule has 14 heteroatoms. The molecule has 3 aromatic rings. The summed E-state index contributed by atoms with van der Waals surface area (Å²) in [6, 6.07) is 7.71. The highest BCUT2D eigenvalue weighted by molar-refractivity contribution is 5.96. The summed E-state index contributed by atoms with van der Waals surface area (Å²) < 4.78 is 40.9. The quantitative estimate of drug-likeness (QED) is 0.363. The third-order valence-corrected chi connectivity index (χ3v) is 5.59. The summed E-state index contributed by atoms with van der Waals surface area (Å²) in [4.78, 5) is 61.6. The lowest BCUT2D eigenvalue weighted by Crippen LogP contribution is -2.47. The number of imidazole rings is 1. The van der Waals surface area contributed by atoms with E-state index in [1.54, 1.807) is 30.0 Å². The molecule has 0 aliphatic carbocycles. The van der Waals surface area contributed by atoms with E-state index < -0.39 is 41.4 Å². The zero-order chi connectivity index (χ0) is 26.7. The minimum absolute atomic E-state index is 0.00635. The summed E-state index contributed by atoms with van der Waals surface area (Å²) in [7, 11) is 0. The van der Waals surface area contributed by atoms with Crippen LogP contribution in [0.25, 0.3) is 11.2 Å². The molecule has 4 rings (SSSR count). The van der Waals surface area contributed by atoms with E-state index in [9.17, 15) is 32.3 Å². The molecule has 37 heavy (non-hydrogen) atoms. The zero-order valence-electron chi connectivity index (χ0n) is 19.5. The van der Waals surface area contributed by atoms with Gasteiger partial charge in [-0.25, -0.2) is 14.2 Å². The van der Waals surface area contributed by atoms with Crippen LogP contribution >= 0.6 is 0 Å². The fourth-order valence-electron chi connectivity index (χ4n) is 3.83. The Bertz CT molecular complexity index is 1520. The van der Waals surface area contributed by atoms with Crippen LogP contribution in [-0.2, 0) is 17.9 Å². The van der Waals surface area contributed by atoms with Gasteiger partial charge in [-0.05, 0) is 6.92 Å². The summed E-state index contributed by atoms with van der Waals surface area (Å²) in [6.45, 7) is 2.66. The van der Waals surface area contributed by atoms with E-state index in [4.69, 9.17) is 0 Å². The molecule has 3 heterocycles. The molecule has 1 aliphatic heterocycles. The fourth-order valence-corrected chi connectivity index (χ4v) is 3.83. The SMILES string of the molecule is CC#CCn1c(N2CCNCC2)nc2c1c(=O)n(CC(=O)c1ccccc1)c(=O)n2OC(=O)C(F)(F)F. The van der Waals surface area contributed by atoms with Crippen molar-refractivity contribution in [1.29, 1.82) is 0 Å². The first-order valence-corrected chi connectivity index (χ1v) is 11.1. The molecule has 1 saturated heterocycles. The summed E-state index contributed by atoms with van der Waals surface area (Å²) in [5.74, 6) is 2.25. The van der Waals surface area contributed by atoms with Gasteiger partial charge in [-0.1, -0.05) is 41.0 Å². The maximum absolute atomic E-state index is 13.5. The molecule has 0 saturated carbocycles. The minimum atomic E-state index is -5.44. The van der Waals surface area contributed by atoms with Crippen LogP contribution in [0.5, 0.6) is 0 Å². The molecule has 2 aromatic heterocycles. The number of aromatic nitrogens is 4. The van der Waals surface area contributed by atoms with Gasteiger partial charge in [0.05, 0.1) is 13.1 Å². The Hall–Kier alpha value is -4.38. The first-order chi connectivity index (χ1) is 17.6. The number of hydrogen-bond acceptors (Lipinski definition) is 8. The van der Waals surface area contributed by atoms with Crippen LogP contribution in [0.15, 0.2) is 39.9 Å². The third kappa shape index (κ3) is 5.12. The van der Waals surface area contributed by atoms with Crippen molar-refractivity contribution < 1.29 is 27.6 Å². The number of rotatable bonds is 6. The van der Waals surface area contributed by atoms with Gasteiger partial charge in [-0.15, -0.1) is 5.92 Å². The van der Waals surface area contributed by atoms with Gasteiger partial charge >= 0.3 is 17.8 Å². The van der Waals surface area contributed by atoms with Gasteiger partial charge < -0.3 is 15.1 Å². The summed E-state index contributed by atoms with van der Waals surface area (Å²) in [5.41, 5.74) is -3.22. The van der Waals surface area contributed by atoms with Crippen LogP contribution in [0.1, 0.15) is 17.3 Å². The van der Waals surface area contributed by atoms with Gasteiger partial charge in [0.1, 0.15) is 0 Å². The topological polar surface area (TPSA) is 120 Å². The molecule has 1 aromatic carbocycles. The molecule has 1 aliphatic rings. The smallest absolute Gasteiger partial charge is 0.340 e. The lowest BCUT2D eigenvalue weighted by atomic mass is 10.1. The van der Waals surface area contributed by atoms with Crippen LogP contribution in [0.4, 0.5) is 19.1 Å². The van der Waals surface area contributed by atoms with Crippen molar-refractivity contribution in [3.05, 3.63) is 56.7 Å². The number of anilines is 1. The number of alkyl halides is 3. The van der Waals surface area contributed by atoms with Gasteiger partial charge in [0.25, 0.3) is 5.56 Å². The zero-order valence-corrected chi connectivity index (χ0v) is 19.5. The number of carbonyl (C=O) groups excluding carboxylic acids is 2. The summed E-state index contributed by atoms with van der Waals surface area (Å²) in [5, 5.41) is 3.14. The summed E-state index contributed by atoms with van der Waals surface area (Å²) >= 11 is 0. The number of halogens is 3. The molecule has 0 bridgehead atoms. The molecule has 0 spiro atoms. The lowest BCUT2D eigenvalue weighted by Gasteiger charge is -2.28. The third-order valence-electron chi connectivity index (χ3n) is 5.59. The Kier molecular flexibility index (Phi) is 7.16. The van der Waals surface area contributed by atoms with E-state index in [2.05, 4.69) is 27.0 Å². The number of piperazine rings is 1. The van der Waals surface area contributed by atoms with Gasteiger partial charge in [0.2, 0.25) is 11.6 Å². The molecule has 1 fully saturated rings. The van der Waals surface area contributed by atoms with Crippen LogP contribution in [0.3, 0.4) is 0 Å². The first kappa shape index (κ1) is 25.7. The summed E-state index contributed by atoms with van der Waals surface area (Å²) in [6.07, 6.45) is -5.44. The Morgan fingerprint density at radius 1 is 1.11 bits per heavy atom. The molecule has 0 amide bonds. The first-order valence-electron chi connectivity index (χ1n) is 11.1. The highest BCUT2D eigenvalue weighted by atomic mass is 19.4. The number of ketones is 1. The molecular weight excluding hydrogens is 497 g/mol. The van der Waals surface area contributed by atoms with Crippen molar-refractivity contribution in [2.75, 3.05) is 31.1 Å². The maximum atomic E-state index is 13.5. The van der Waals surface area contributed by atoms with Crippen molar-refractivity contribution in [3.63, 3.8) is 0 Å². The number of hydrogen-bond donors (Lipinski definition) is 1. The van der Waals surface area contributed by atoms with Gasteiger partial charge in [-0.3, -0.25) is 14.2 Å². The largest absolute Gasteiger partial charge is 0.493 e. The highest BCUT2D eigenvalue weighted by Crippen LogP contribution is 2.21. The van der Waals surface area contributed by atoms with E-state index in [1.807, 2.05) is 0 Å². The Morgan fingerprint density at radius 3 is 2.41 bits per heavy atom. The van der Waals surface area contributed by atoms with E-state index in [-0.39, 0.29) is 28.3 Å². The van der Waals surface area contributed by atoms with Crippen molar-refractivity contribution in [1.82, 2.24) is 24.2 Å². The van der Waals surface area contributed by atoms with Crippen molar-refractivity contribution in [2.45, 2.75) is 26.2 Å². The standard InChI is InChI=1S/C23H21F3N6O5/c1-2-3-11-30-17-18(28-21(30)29-12-9-27-10-13-29)32(37-20(35)23(24,25)26)22(36)31(19(17)34)14-16(33)15-7-5-4-6-8-15/h4-8,27H,9-14H2,1H3. The van der Waals surface area contributed by atoms with Crippen molar-refractivity contribution in [2.24, 2.45) is 0 Å². The Balaban J connectivity index is 1.98. The fraction of sp³-hybridized carbons (Fsp3) is 0.348. The molecular formula is C23H21F3N6O5. The molecule has 0 radical (unpaired) electrons. The minimum Gasteiger partial charge on any atom is -0.340 e. The second-order valence-electron chi connectivity index (χ2n) is 7.97. The van der Waals surface area contributed by atoms with Crippen LogP contribution < -0.4 is 26.3 Å². The normalized spacial score (nSPS) is 13.8. The average Bonchev–Trinajstić information content (AvgIpc) is 3.27. The average molecular weight is 518 g/mol. The van der Waals surface area contributed by atoms with Gasteiger partial charge in [0, 0.05) is 31.7 Å². The number of Topliss-reactive ketones (excluding diaryl/α,β-unsaturated/α-hetero) is 1. The second kappa shape index (κ2) is 10.3. The lowest BCUT2D eigenvalue weighted by molar-refractivity contribution is -0.200. The van der Waals surface area contributed by atoms with E-state index >= 15 is 0 Å². The molecule has 0 atom stereocenters. The number of fused-ring (bicyclic) bond motifs is 1. The molecule has 0 unspecified atom stereocenters. The van der Waals surface area contributed by atoms with Gasteiger partial charge in [0.15, 0.2) is 11.3 Å². The second-order valence-corrected chi connectivity index (χ2v) is 7.97. The molecule has 194 valence electrons. The van der Waals surface area contributed by atoms with Gasteiger partial charge in [-0.2, -0.15) is 18.2 Å². The number of nitrogens with one attached hydrogen (secondary N) is 1. The van der Waals surface area contributed by atoms with Crippen molar-refractivity contribution in [3.8, 4) is 11.8 Å². The number of carbonyl (C=O) groups is 2. The van der Waals surface area contributed by atoms with Crippen LogP contribution in [0, 0.1) is 11.8 Å². The van der Waals surface area contributed by atoms with Crippen LogP contribution in [0.2, 0.25) is 0 Å². The monoisotopic (exact) mass is 518 g/mol. The molecule has 1 N–H and O–H groups in total. The maximum Gasteiger partial charge on any atom is 0.493 e. The number of nitrogens with zero attached hydrogens (tertiary/aromatic N) is 5. The predicted molar refractivity (Wildman–Crippen MR) is 125 cm³/mol. The van der Waals surface area contributed by atoms with E-state index in [0.717, 1.165) is 0 Å². The highest BCUT2D eigenvalue weighted by Gasteiger charge is 2.43. The predicted octanol–water partition coefficient (Wildman–Crippen LogP) is 0.193. The van der Waals surface area contributed by atoms with Crippen molar-refractivity contribution >= 4 is 28.9 Å². The van der Waals surface area contributed by atoms with Crippen LogP contribution in [-0.4, -0.2) is 63.0 Å². The van der Waals surface area contributed by atoms with E-state index in [1.165, 1.54) is 16.7 Å². The Morgan fingerprint density at radius 2 is 1.78 bits per heavy atom. The molecule has 11 nitrogen and oxygen atoms in total. The number of benzene rings is 1. The Labute approximate surface area is 207 Å². The van der Waals surface area contributed by atoms with E-state index in [0.29, 0.717) is 30.7 Å².